The fraction of sp³-hybridized carbons (Fsp3) is 0.0870. The van der Waals surface area contributed by atoms with Crippen LogP contribution in [0.1, 0.15) is 26.8 Å². The third-order valence-electron chi connectivity index (χ3n) is 4.40. The molecule has 32 heavy (non-hydrogen) atoms. The lowest BCUT2D eigenvalue weighted by Crippen LogP contribution is -2.14. The van der Waals surface area contributed by atoms with E-state index >= 15 is 0 Å². The zero-order chi connectivity index (χ0) is 22.5. The molecule has 0 aliphatic heterocycles. The first-order chi connectivity index (χ1) is 15.5. The summed E-state index contributed by atoms with van der Waals surface area (Å²) in [4.78, 5) is 24.8. The van der Waals surface area contributed by atoms with Crippen LogP contribution in [0.2, 0.25) is 5.02 Å². The van der Waals surface area contributed by atoms with E-state index in [-0.39, 0.29) is 18.3 Å². The van der Waals surface area contributed by atoms with Crippen LogP contribution in [-0.2, 0) is 13.7 Å². The van der Waals surface area contributed by atoms with Gasteiger partial charge in [0.2, 0.25) is 0 Å². The second-order valence-electron chi connectivity index (χ2n) is 6.87. The largest absolute Gasteiger partial charge is 0.486 e. The highest BCUT2D eigenvalue weighted by molar-refractivity contribution is 6.30. The molecule has 162 valence electrons. The molecular formula is C23H19ClN4O4. The Morgan fingerprint density at radius 3 is 2.41 bits per heavy atom. The molecule has 2 N–H and O–H groups in total. The molecule has 2 aromatic carbocycles. The van der Waals surface area contributed by atoms with Gasteiger partial charge in [0, 0.05) is 29.6 Å². The molecule has 0 atom stereocenters. The van der Waals surface area contributed by atoms with Crippen LogP contribution >= 0.6 is 11.6 Å². The Balaban J connectivity index is 1.35. The molecule has 0 aliphatic rings. The molecule has 0 saturated heterocycles. The van der Waals surface area contributed by atoms with E-state index < -0.39 is 5.91 Å². The Morgan fingerprint density at radius 2 is 1.72 bits per heavy atom. The number of anilines is 2. The highest BCUT2D eigenvalue weighted by atomic mass is 35.5. The van der Waals surface area contributed by atoms with Gasteiger partial charge in [-0.25, -0.2) is 0 Å². The molecule has 4 rings (SSSR count). The van der Waals surface area contributed by atoms with Crippen molar-refractivity contribution < 1.29 is 18.7 Å². The van der Waals surface area contributed by atoms with Gasteiger partial charge in [0.15, 0.2) is 11.5 Å². The van der Waals surface area contributed by atoms with Crippen LogP contribution in [0.15, 0.2) is 77.3 Å². The minimum atomic E-state index is -0.420. The number of aromatic nitrogens is 2. The van der Waals surface area contributed by atoms with Crippen LogP contribution < -0.4 is 15.4 Å². The SMILES string of the molecule is Cn1ccc(C(=O)Nc2cccc(NC(=O)c3ccc(COc4ccc(Cl)cc4)o3)c2)n1. The highest BCUT2D eigenvalue weighted by Gasteiger charge is 2.13. The first kappa shape index (κ1) is 21.2. The molecule has 0 fully saturated rings. The van der Waals surface area contributed by atoms with Crippen molar-refractivity contribution in [2.45, 2.75) is 6.61 Å². The maximum atomic E-state index is 12.5. The molecule has 0 aliphatic carbocycles. The molecule has 2 heterocycles. The Bertz CT molecular complexity index is 1250. The summed E-state index contributed by atoms with van der Waals surface area (Å²) in [5.41, 5.74) is 1.32. The number of ether oxygens (including phenoxy) is 1. The average Bonchev–Trinajstić information content (AvgIpc) is 3.43. The number of carbonyl (C=O) groups is 2. The zero-order valence-corrected chi connectivity index (χ0v) is 17.8. The van der Waals surface area contributed by atoms with Gasteiger partial charge in [0.05, 0.1) is 0 Å². The number of benzene rings is 2. The van der Waals surface area contributed by atoms with Gasteiger partial charge in [-0.2, -0.15) is 5.10 Å². The summed E-state index contributed by atoms with van der Waals surface area (Å²) in [5, 5.41) is 10.2. The predicted octanol–water partition coefficient (Wildman–Crippen LogP) is 4.75. The number of furan rings is 1. The summed E-state index contributed by atoms with van der Waals surface area (Å²) in [5.74, 6) is 0.520. The van der Waals surface area contributed by atoms with Crippen molar-refractivity contribution in [2.24, 2.45) is 7.05 Å². The van der Waals surface area contributed by atoms with E-state index in [4.69, 9.17) is 20.8 Å². The van der Waals surface area contributed by atoms with Gasteiger partial charge < -0.3 is 19.8 Å². The Hall–Kier alpha value is -4.04. The van der Waals surface area contributed by atoms with Gasteiger partial charge in [0.1, 0.15) is 18.1 Å². The van der Waals surface area contributed by atoms with E-state index in [1.165, 1.54) is 0 Å². The van der Waals surface area contributed by atoms with E-state index in [1.807, 2.05) is 0 Å². The Labute approximate surface area is 188 Å². The zero-order valence-electron chi connectivity index (χ0n) is 17.0. The van der Waals surface area contributed by atoms with Crippen molar-refractivity contribution in [3.8, 4) is 5.75 Å². The number of amides is 2. The standard InChI is InChI=1S/C23H19ClN4O4/c1-28-12-11-20(27-28)22(29)25-16-3-2-4-17(13-16)26-23(30)21-10-9-19(32-21)14-31-18-7-5-15(24)6-8-18/h2-13H,14H2,1H3,(H,25,29)(H,26,30). The van der Waals surface area contributed by atoms with Crippen LogP contribution in [-0.4, -0.2) is 21.6 Å². The van der Waals surface area contributed by atoms with Crippen LogP contribution in [0.25, 0.3) is 0 Å². The van der Waals surface area contributed by atoms with Crippen molar-refractivity contribution in [1.29, 1.82) is 0 Å². The smallest absolute Gasteiger partial charge is 0.291 e. The molecule has 2 aromatic heterocycles. The molecular weight excluding hydrogens is 432 g/mol. The van der Waals surface area contributed by atoms with Gasteiger partial charge in [-0.3, -0.25) is 14.3 Å². The summed E-state index contributed by atoms with van der Waals surface area (Å²) in [6.07, 6.45) is 1.68. The lowest BCUT2D eigenvalue weighted by atomic mass is 10.2. The highest BCUT2D eigenvalue weighted by Crippen LogP contribution is 2.20. The van der Waals surface area contributed by atoms with Crippen LogP contribution in [0.4, 0.5) is 11.4 Å². The third-order valence-corrected chi connectivity index (χ3v) is 4.66. The molecule has 0 radical (unpaired) electrons. The maximum Gasteiger partial charge on any atom is 0.291 e. The fourth-order valence-electron chi connectivity index (χ4n) is 2.86. The van der Waals surface area contributed by atoms with Gasteiger partial charge in [0.25, 0.3) is 11.8 Å². The Kier molecular flexibility index (Phi) is 6.23. The summed E-state index contributed by atoms with van der Waals surface area (Å²) in [6.45, 7) is 0.171. The molecule has 0 unspecified atom stereocenters. The van der Waals surface area contributed by atoms with Gasteiger partial charge in [-0.1, -0.05) is 17.7 Å². The van der Waals surface area contributed by atoms with Crippen molar-refractivity contribution >= 4 is 34.8 Å². The van der Waals surface area contributed by atoms with Gasteiger partial charge in [-0.15, -0.1) is 0 Å². The monoisotopic (exact) mass is 450 g/mol. The first-order valence-electron chi connectivity index (χ1n) is 9.66. The number of hydrogen-bond acceptors (Lipinski definition) is 5. The molecule has 2 amide bonds. The van der Waals surface area contributed by atoms with E-state index in [9.17, 15) is 9.59 Å². The molecule has 0 saturated carbocycles. The van der Waals surface area contributed by atoms with Gasteiger partial charge in [-0.05, 0) is 60.7 Å². The van der Waals surface area contributed by atoms with E-state index in [2.05, 4.69) is 15.7 Å². The second-order valence-corrected chi connectivity index (χ2v) is 7.31. The minimum Gasteiger partial charge on any atom is -0.486 e. The number of rotatable bonds is 7. The number of hydrogen-bond donors (Lipinski definition) is 2. The fourth-order valence-corrected chi connectivity index (χ4v) is 2.99. The van der Waals surface area contributed by atoms with E-state index in [1.54, 1.807) is 84.7 Å². The van der Waals surface area contributed by atoms with Gasteiger partial charge >= 0.3 is 0 Å². The first-order valence-corrected chi connectivity index (χ1v) is 10.0. The van der Waals surface area contributed by atoms with E-state index in [0.717, 1.165) is 0 Å². The Morgan fingerprint density at radius 1 is 1.00 bits per heavy atom. The quantitative estimate of drug-likeness (QED) is 0.423. The number of carbonyl (C=O) groups excluding carboxylic acids is 2. The number of aryl methyl sites for hydroxylation is 1. The average molecular weight is 451 g/mol. The number of halogens is 1. The summed E-state index contributed by atoms with van der Waals surface area (Å²) >= 11 is 5.85. The summed E-state index contributed by atoms with van der Waals surface area (Å²) < 4.78 is 12.7. The van der Waals surface area contributed by atoms with Crippen molar-refractivity contribution in [1.82, 2.24) is 9.78 Å². The lowest BCUT2D eigenvalue weighted by molar-refractivity contribution is 0.0991. The molecule has 4 aromatic rings. The van der Waals surface area contributed by atoms with E-state index in [0.29, 0.717) is 33.6 Å². The normalized spacial score (nSPS) is 10.6. The third kappa shape index (κ3) is 5.35. The topological polar surface area (TPSA) is 98.4 Å². The second kappa shape index (κ2) is 9.40. The van der Waals surface area contributed by atoms with Crippen LogP contribution in [0.3, 0.4) is 0 Å². The maximum absolute atomic E-state index is 12.5. The van der Waals surface area contributed by atoms with Crippen molar-refractivity contribution in [2.75, 3.05) is 10.6 Å². The number of nitrogens with zero attached hydrogens (tertiary/aromatic N) is 2. The number of nitrogens with one attached hydrogen (secondary N) is 2. The summed E-state index contributed by atoms with van der Waals surface area (Å²) in [6, 6.07) is 18.6. The molecule has 0 bridgehead atoms. The predicted molar refractivity (Wildman–Crippen MR) is 120 cm³/mol. The van der Waals surface area contributed by atoms with Crippen LogP contribution in [0.5, 0.6) is 5.75 Å². The lowest BCUT2D eigenvalue weighted by Gasteiger charge is -2.07. The molecule has 0 spiro atoms. The van der Waals surface area contributed by atoms with Crippen LogP contribution in [0, 0.1) is 0 Å². The van der Waals surface area contributed by atoms with Crippen molar-refractivity contribution in [3.63, 3.8) is 0 Å². The summed E-state index contributed by atoms with van der Waals surface area (Å²) in [7, 11) is 1.73. The molecule has 8 nitrogen and oxygen atoms in total. The van der Waals surface area contributed by atoms with Crippen molar-refractivity contribution in [3.05, 3.63) is 95.2 Å². The molecule has 9 heteroatoms. The minimum absolute atomic E-state index is 0.141.